The van der Waals surface area contributed by atoms with Crippen LogP contribution < -0.4 is 4.74 Å². The minimum Gasteiger partial charge on any atom is -0.495 e. The molecule has 0 radical (unpaired) electrons. The lowest BCUT2D eigenvalue weighted by Gasteiger charge is -2.26. The summed E-state index contributed by atoms with van der Waals surface area (Å²) in [6.45, 7) is 8.58. The molecule has 0 bridgehead atoms. The minimum absolute atomic E-state index is 0.520. The molecule has 0 unspecified atom stereocenters. The van der Waals surface area contributed by atoms with E-state index in [1.54, 1.807) is 7.11 Å². The van der Waals surface area contributed by atoms with Crippen molar-refractivity contribution in [3.05, 3.63) is 29.3 Å². The van der Waals surface area contributed by atoms with Gasteiger partial charge in [-0.2, -0.15) is 5.26 Å². The zero-order valence-corrected chi connectivity index (χ0v) is 11.7. The molecule has 0 saturated heterocycles. The SMILES string of the molecule is CCCN(Cc1ccc(C#N)c(OC)c1)C(C)C. The highest BCUT2D eigenvalue weighted by molar-refractivity contribution is 5.45. The number of methoxy groups -OCH3 is 1. The van der Waals surface area contributed by atoms with Gasteiger partial charge in [0, 0.05) is 12.6 Å². The molecule has 0 heterocycles. The molecule has 1 aromatic carbocycles. The van der Waals surface area contributed by atoms with Gasteiger partial charge < -0.3 is 4.74 Å². The molecular weight excluding hydrogens is 224 g/mol. The Hall–Kier alpha value is -1.53. The van der Waals surface area contributed by atoms with Gasteiger partial charge in [0.15, 0.2) is 0 Å². The van der Waals surface area contributed by atoms with Crippen LogP contribution in [0.1, 0.15) is 38.3 Å². The van der Waals surface area contributed by atoms with Gasteiger partial charge in [0.05, 0.1) is 12.7 Å². The molecule has 0 aliphatic rings. The van der Waals surface area contributed by atoms with Gasteiger partial charge in [-0.05, 0) is 44.5 Å². The number of rotatable bonds is 6. The largest absolute Gasteiger partial charge is 0.495 e. The third kappa shape index (κ3) is 3.75. The van der Waals surface area contributed by atoms with Crippen LogP contribution in [0.25, 0.3) is 0 Å². The Morgan fingerprint density at radius 1 is 1.39 bits per heavy atom. The number of ether oxygens (including phenoxy) is 1. The maximum absolute atomic E-state index is 8.95. The van der Waals surface area contributed by atoms with Crippen LogP contribution in [0.15, 0.2) is 18.2 Å². The molecular formula is C15H22N2O. The Labute approximate surface area is 110 Å². The van der Waals surface area contributed by atoms with Gasteiger partial charge in [0.2, 0.25) is 0 Å². The molecule has 18 heavy (non-hydrogen) atoms. The summed E-state index contributed by atoms with van der Waals surface area (Å²) in [4.78, 5) is 2.42. The molecule has 0 aliphatic heterocycles. The van der Waals surface area contributed by atoms with Crippen molar-refractivity contribution in [3.8, 4) is 11.8 Å². The second-order valence-corrected chi connectivity index (χ2v) is 4.71. The van der Waals surface area contributed by atoms with E-state index in [2.05, 4.69) is 31.7 Å². The van der Waals surface area contributed by atoms with Crippen LogP contribution in [0.5, 0.6) is 5.75 Å². The van der Waals surface area contributed by atoms with Gasteiger partial charge in [0.1, 0.15) is 11.8 Å². The van der Waals surface area contributed by atoms with Crippen molar-refractivity contribution in [3.63, 3.8) is 0 Å². The van der Waals surface area contributed by atoms with Crippen molar-refractivity contribution < 1.29 is 4.74 Å². The molecule has 0 aromatic heterocycles. The lowest BCUT2D eigenvalue weighted by Crippen LogP contribution is -2.31. The third-order valence-corrected chi connectivity index (χ3v) is 3.01. The van der Waals surface area contributed by atoms with Crippen LogP contribution in [-0.2, 0) is 6.54 Å². The average Bonchev–Trinajstić information content (AvgIpc) is 2.37. The molecule has 0 aliphatic carbocycles. The van der Waals surface area contributed by atoms with E-state index in [4.69, 9.17) is 10.00 Å². The van der Waals surface area contributed by atoms with E-state index < -0.39 is 0 Å². The van der Waals surface area contributed by atoms with Crippen LogP contribution >= 0.6 is 0 Å². The summed E-state index contributed by atoms with van der Waals surface area (Å²) in [5.41, 5.74) is 1.78. The molecule has 98 valence electrons. The third-order valence-electron chi connectivity index (χ3n) is 3.01. The first-order chi connectivity index (χ1) is 8.62. The van der Waals surface area contributed by atoms with E-state index in [9.17, 15) is 0 Å². The monoisotopic (exact) mass is 246 g/mol. The quantitative estimate of drug-likeness (QED) is 0.773. The maximum atomic E-state index is 8.95. The molecule has 0 amide bonds. The van der Waals surface area contributed by atoms with Crippen LogP contribution in [0.3, 0.4) is 0 Å². The van der Waals surface area contributed by atoms with Crippen LogP contribution in [0.2, 0.25) is 0 Å². The summed E-state index contributed by atoms with van der Waals surface area (Å²) in [7, 11) is 1.60. The van der Waals surface area contributed by atoms with Crippen molar-refractivity contribution in [2.24, 2.45) is 0 Å². The molecule has 0 N–H and O–H groups in total. The van der Waals surface area contributed by atoms with E-state index in [1.165, 1.54) is 5.56 Å². The number of nitriles is 1. The van der Waals surface area contributed by atoms with Gasteiger partial charge in [-0.1, -0.05) is 13.0 Å². The summed E-state index contributed by atoms with van der Waals surface area (Å²) in [6.07, 6.45) is 1.14. The lowest BCUT2D eigenvalue weighted by molar-refractivity contribution is 0.213. The molecule has 1 aromatic rings. The Kier molecular flexibility index (Phi) is 5.67. The molecule has 0 spiro atoms. The van der Waals surface area contributed by atoms with Crippen molar-refractivity contribution >= 4 is 0 Å². The second-order valence-electron chi connectivity index (χ2n) is 4.71. The minimum atomic E-state index is 0.520. The fraction of sp³-hybridized carbons (Fsp3) is 0.533. The lowest BCUT2D eigenvalue weighted by atomic mass is 10.1. The van der Waals surface area contributed by atoms with Gasteiger partial charge in [0.25, 0.3) is 0 Å². The van der Waals surface area contributed by atoms with Gasteiger partial charge in [-0.3, -0.25) is 4.90 Å². The first-order valence-electron chi connectivity index (χ1n) is 6.43. The fourth-order valence-corrected chi connectivity index (χ4v) is 1.97. The molecule has 3 nitrogen and oxygen atoms in total. The summed E-state index contributed by atoms with van der Waals surface area (Å²) >= 11 is 0. The van der Waals surface area contributed by atoms with Gasteiger partial charge in [-0.25, -0.2) is 0 Å². The van der Waals surface area contributed by atoms with Crippen molar-refractivity contribution in [2.45, 2.75) is 39.8 Å². The molecule has 0 fully saturated rings. The highest BCUT2D eigenvalue weighted by Gasteiger charge is 2.10. The normalized spacial score (nSPS) is 10.7. The predicted molar refractivity (Wildman–Crippen MR) is 73.5 cm³/mol. The number of nitrogens with zero attached hydrogens (tertiary/aromatic N) is 2. The Morgan fingerprint density at radius 2 is 2.11 bits per heavy atom. The highest BCUT2D eigenvalue weighted by Crippen LogP contribution is 2.20. The van der Waals surface area contributed by atoms with E-state index in [-0.39, 0.29) is 0 Å². The molecule has 0 saturated carbocycles. The Bertz CT molecular complexity index is 421. The topological polar surface area (TPSA) is 36.3 Å². The zero-order valence-electron chi connectivity index (χ0n) is 11.7. The van der Waals surface area contributed by atoms with E-state index in [0.717, 1.165) is 19.5 Å². The standard InChI is InChI=1S/C15H22N2O/c1-5-8-17(12(2)3)11-13-6-7-14(10-16)15(9-13)18-4/h6-7,9,12H,5,8,11H2,1-4H3. The average molecular weight is 246 g/mol. The number of hydrogen-bond donors (Lipinski definition) is 0. The number of hydrogen-bond acceptors (Lipinski definition) is 3. The summed E-state index contributed by atoms with van der Waals surface area (Å²) in [5.74, 6) is 0.662. The van der Waals surface area contributed by atoms with Crippen molar-refractivity contribution in [2.75, 3.05) is 13.7 Å². The second kappa shape index (κ2) is 7.03. The maximum Gasteiger partial charge on any atom is 0.136 e. The predicted octanol–water partition coefficient (Wildman–Crippen LogP) is 3.19. The van der Waals surface area contributed by atoms with E-state index >= 15 is 0 Å². The highest BCUT2D eigenvalue weighted by atomic mass is 16.5. The van der Waals surface area contributed by atoms with Crippen molar-refractivity contribution in [1.82, 2.24) is 4.90 Å². The van der Waals surface area contributed by atoms with Gasteiger partial charge >= 0.3 is 0 Å². The molecule has 1 rings (SSSR count). The van der Waals surface area contributed by atoms with Gasteiger partial charge in [-0.15, -0.1) is 0 Å². The first-order valence-corrected chi connectivity index (χ1v) is 6.43. The van der Waals surface area contributed by atoms with Crippen molar-refractivity contribution in [1.29, 1.82) is 5.26 Å². The molecule has 3 heteroatoms. The van der Waals surface area contributed by atoms with E-state index in [0.29, 0.717) is 17.4 Å². The van der Waals surface area contributed by atoms with Crippen LogP contribution in [0, 0.1) is 11.3 Å². The smallest absolute Gasteiger partial charge is 0.136 e. The molecule has 0 atom stereocenters. The zero-order chi connectivity index (χ0) is 13.5. The van der Waals surface area contributed by atoms with E-state index in [1.807, 2.05) is 18.2 Å². The summed E-state index contributed by atoms with van der Waals surface area (Å²) in [5, 5.41) is 8.95. The van der Waals surface area contributed by atoms with Crippen LogP contribution in [0.4, 0.5) is 0 Å². The Balaban J connectivity index is 2.87. The first kappa shape index (κ1) is 14.5. The fourth-order valence-electron chi connectivity index (χ4n) is 1.97. The number of benzene rings is 1. The summed E-state index contributed by atoms with van der Waals surface area (Å²) < 4.78 is 5.24. The summed E-state index contributed by atoms with van der Waals surface area (Å²) in [6, 6.07) is 8.46. The Morgan fingerprint density at radius 3 is 2.61 bits per heavy atom. The van der Waals surface area contributed by atoms with Crippen LogP contribution in [-0.4, -0.2) is 24.6 Å².